The molecule has 1 amide bonds. The highest BCUT2D eigenvalue weighted by Gasteiger charge is 2.32. The van der Waals surface area contributed by atoms with Crippen LogP contribution in [0, 0.1) is 0 Å². The fourth-order valence-electron chi connectivity index (χ4n) is 3.13. The van der Waals surface area contributed by atoms with Crippen LogP contribution in [-0.2, 0) is 19.4 Å². The van der Waals surface area contributed by atoms with E-state index in [2.05, 4.69) is 0 Å². The molecule has 1 fully saturated rings. The first-order chi connectivity index (χ1) is 12.8. The Morgan fingerprint density at radius 2 is 1.85 bits per heavy atom. The van der Waals surface area contributed by atoms with Crippen molar-refractivity contribution < 1.29 is 27.5 Å². The van der Waals surface area contributed by atoms with Gasteiger partial charge < -0.3 is 14.4 Å². The summed E-state index contributed by atoms with van der Waals surface area (Å²) < 4.78 is 33.6. The highest BCUT2D eigenvalue weighted by Crippen LogP contribution is 2.27. The molecular formula is C19H21NO6S. The van der Waals surface area contributed by atoms with Crippen molar-refractivity contribution >= 4 is 32.5 Å². The standard InChI is InChI=1S/C19H21NO6S/c1-20(15-7-8-27(23,24)12-15)18(21)11-26-17-10-14-6-4-3-5-13(14)9-16(17)19(22)25-2/h3-6,9-10,15H,7-8,11-12H2,1-2H3. The zero-order chi connectivity index (χ0) is 19.6. The van der Waals surface area contributed by atoms with Crippen LogP contribution < -0.4 is 4.74 Å². The summed E-state index contributed by atoms with van der Waals surface area (Å²) in [6.45, 7) is -0.296. The van der Waals surface area contributed by atoms with E-state index in [1.165, 1.54) is 12.0 Å². The summed E-state index contributed by atoms with van der Waals surface area (Å²) in [5.74, 6) is -0.591. The van der Waals surface area contributed by atoms with Crippen LogP contribution in [-0.4, -0.2) is 63.5 Å². The van der Waals surface area contributed by atoms with Gasteiger partial charge in [-0.15, -0.1) is 0 Å². The minimum absolute atomic E-state index is 0.0291. The summed E-state index contributed by atoms with van der Waals surface area (Å²) >= 11 is 0. The largest absolute Gasteiger partial charge is 0.483 e. The van der Waals surface area contributed by atoms with Gasteiger partial charge in [0.2, 0.25) is 0 Å². The van der Waals surface area contributed by atoms with Crippen LogP contribution in [0.4, 0.5) is 0 Å². The first-order valence-corrected chi connectivity index (χ1v) is 10.3. The van der Waals surface area contributed by atoms with Crippen LogP contribution in [0.2, 0.25) is 0 Å². The van der Waals surface area contributed by atoms with Crippen molar-refractivity contribution in [1.29, 1.82) is 0 Å². The number of likely N-dealkylation sites (N-methyl/N-ethyl adjacent to an activating group) is 1. The first kappa shape index (κ1) is 19.2. The molecule has 2 aromatic carbocycles. The number of benzene rings is 2. The Labute approximate surface area is 157 Å². The summed E-state index contributed by atoms with van der Waals surface area (Å²) in [7, 11) is -0.236. The minimum atomic E-state index is -3.08. The van der Waals surface area contributed by atoms with Gasteiger partial charge in [0.25, 0.3) is 5.91 Å². The van der Waals surface area contributed by atoms with Crippen LogP contribution in [0.5, 0.6) is 5.75 Å². The average molecular weight is 391 g/mol. The van der Waals surface area contributed by atoms with E-state index >= 15 is 0 Å². The molecule has 7 nitrogen and oxygen atoms in total. The van der Waals surface area contributed by atoms with Gasteiger partial charge in [-0.1, -0.05) is 24.3 Å². The van der Waals surface area contributed by atoms with Crippen LogP contribution in [0.1, 0.15) is 16.8 Å². The number of esters is 1. The SMILES string of the molecule is COC(=O)c1cc2ccccc2cc1OCC(=O)N(C)C1CCS(=O)(=O)C1. The summed E-state index contributed by atoms with van der Waals surface area (Å²) in [6, 6.07) is 10.5. The Morgan fingerprint density at radius 3 is 2.44 bits per heavy atom. The Morgan fingerprint density at radius 1 is 1.19 bits per heavy atom. The molecule has 1 unspecified atom stereocenters. The topological polar surface area (TPSA) is 90.0 Å². The van der Waals surface area contributed by atoms with Gasteiger partial charge in [-0.2, -0.15) is 0 Å². The molecule has 0 radical (unpaired) electrons. The van der Waals surface area contributed by atoms with Crippen molar-refractivity contribution in [2.24, 2.45) is 0 Å². The zero-order valence-electron chi connectivity index (χ0n) is 15.2. The van der Waals surface area contributed by atoms with Gasteiger partial charge in [-0.25, -0.2) is 13.2 Å². The third-order valence-corrected chi connectivity index (χ3v) is 6.50. The molecule has 8 heteroatoms. The molecule has 1 aliphatic heterocycles. The Balaban J connectivity index is 1.77. The molecule has 27 heavy (non-hydrogen) atoms. The maximum absolute atomic E-state index is 12.4. The molecule has 2 aromatic rings. The third kappa shape index (κ3) is 4.21. The number of sulfone groups is 1. The number of carbonyl (C=O) groups excluding carboxylic acids is 2. The predicted octanol–water partition coefficient (Wildman–Crippen LogP) is 1.65. The molecule has 0 bridgehead atoms. The van der Waals surface area contributed by atoms with Gasteiger partial charge >= 0.3 is 5.97 Å². The number of amides is 1. The lowest BCUT2D eigenvalue weighted by atomic mass is 10.1. The van der Waals surface area contributed by atoms with Gasteiger partial charge in [0, 0.05) is 13.1 Å². The Bertz CT molecular complexity index is 985. The lowest BCUT2D eigenvalue weighted by Crippen LogP contribution is -2.40. The van der Waals surface area contributed by atoms with E-state index in [9.17, 15) is 18.0 Å². The molecular weight excluding hydrogens is 370 g/mol. The Hall–Kier alpha value is -2.61. The molecule has 144 valence electrons. The van der Waals surface area contributed by atoms with E-state index in [1.54, 1.807) is 19.2 Å². The van der Waals surface area contributed by atoms with Crippen LogP contribution in [0.25, 0.3) is 10.8 Å². The Kier molecular flexibility index (Phi) is 5.36. The number of hydrogen-bond acceptors (Lipinski definition) is 6. The van der Waals surface area contributed by atoms with Gasteiger partial charge in [0.15, 0.2) is 16.4 Å². The van der Waals surface area contributed by atoms with Crippen LogP contribution >= 0.6 is 0 Å². The molecule has 1 aliphatic rings. The van der Waals surface area contributed by atoms with Gasteiger partial charge in [-0.05, 0) is 29.3 Å². The number of rotatable bonds is 5. The number of fused-ring (bicyclic) bond motifs is 1. The number of ether oxygens (including phenoxy) is 2. The summed E-state index contributed by atoms with van der Waals surface area (Å²) in [5.41, 5.74) is 0.232. The van der Waals surface area contributed by atoms with E-state index in [-0.39, 0.29) is 41.4 Å². The molecule has 3 rings (SSSR count). The van der Waals surface area contributed by atoms with Crippen molar-refractivity contribution in [3.05, 3.63) is 42.0 Å². The molecule has 0 saturated carbocycles. The van der Waals surface area contributed by atoms with E-state index in [0.717, 1.165) is 10.8 Å². The fourth-order valence-corrected chi connectivity index (χ4v) is 4.91. The summed E-state index contributed by atoms with van der Waals surface area (Å²) in [5, 5.41) is 1.72. The van der Waals surface area contributed by atoms with Crippen molar-refractivity contribution in [2.45, 2.75) is 12.5 Å². The van der Waals surface area contributed by atoms with Crippen molar-refractivity contribution in [1.82, 2.24) is 4.90 Å². The van der Waals surface area contributed by atoms with Crippen molar-refractivity contribution in [3.63, 3.8) is 0 Å². The van der Waals surface area contributed by atoms with E-state index in [1.807, 2.05) is 24.3 Å². The molecule has 0 aromatic heterocycles. The van der Waals surface area contributed by atoms with E-state index in [0.29, 0.717) is 6.42 Å². The van der Waals surface area contributed by atoms with Gasteiger partial charge in [-0.3, -0.25) is 4.79 Å². The quantitative estimate of drug-likeness (QED) is 0.720. The first-order valence-electron chi connectivity index (χ1n) is 8.51. The zero-order valence-corrected chi connectivity index (χ0v) is 16.0. The molecule has 1 atom stereocenters. The lowest BCUT2D eigenvalue weighted by Gasteiger charge is -2.23. The molecule has 0 aliphatic carbocycles. The maximum Gasteiger partial charge on any atom is 0.341 e. The second-order valence-corrected chi connectivity index (χ2v) is 8.77. The highest BCUT2D eigenvalue weighted by molar-refractivity contribution is 7.91. The number of hydrogen-bond donors (Lipinski definition) is 0. The van der Waals surface area contributed by atoms with E-state index < -0.39 is 15.8 Å². The van der Waals surface area contributed by atoms with Gasteiger partial charge in [0.05, 0.1) is 18.6 Å². The summed E-state index contributed by atoms with van der Waals surface area (Å²) in [6.07, 6.45) is 0.425. The second kappa shape index (κ2) is 7.56. The lowest BCUT2D eigenvalue weighted by molar-refractivity contribution is -0.133. The van der Waals surface area contributed by atoms with Crippen LogP contribution in [0.15, 0.2) is 36.4 Å². The minimum Gasteiger partial charge on any atom is -0.483 e. The summed E-state index contributed by atoms with van der Waals surface area (Å²) in [4.78, 5) is 25.9. The van der Waals surface area contributed by atoms with Crippen molar-refractivity contribution in [2.75, 3.05) is 32.3 Å². The smallest absolute Gasteiger partial charge is 0.341 e. The molecule has 1 saturated heterocycles. The number of methoxy groups -OCH3 is 1. The molecule has 1 heterocycles. The van der Waals surface area contributed by atoms with Gasteiger partial charge in [0.1, 0.15) is 11.3 Å². The second-order valence-electron chi connectivity index (χ2n) is 6.54. The third-order valence-electron chi connectivity index (χ3n) is 4.75. The highest BCUT2D eigenvalue weighted by atomic mass is 32.2. The molecule has 0 N–H and O–H groups in total. The average Bonchev–Trinajstić information content (AvgIpc) is 3.03. The molecule has 0 spiro atoms. The van der Waals surface area contributed by atoms with E-state index in [4.69, 9.17) is 9.47 Å². The number of nitrogens with zero attached hydrogens (tertiary/aromatic N) is 1. The van der Waals surface area contributed by atoms with Crippen molar-refractivity contribution in [3.8, 4) is 5.75 Å². The number of carbonyl (C=O) groups is 2. The maximum atomic E-state index is 12.4. The fraction of sp³-hybridized carbons (Fsp3) is 0.368. The monoisotopic (exact) mass is 391 g/mol. The normalized spacial score (nSPS) is 18.2. The predicted molar refractivity (Wildman–Crippen MR) is 101 cm³/mol. The van der Waals surface area contributed by atoms with Crippen LogP contribution in [0.3, 0.4) is 0 Å².